The zero-order valence-electron chi connectivity index (χ0n) is 15.6. The van der Waals surface area contributed by atoms with E-state index >= 15 is 0 Å². The number of hydrogen-bond donors (Lipinski definition) is 0. The molecule has 4 nitrogen and oxygen atoms in total. The Morgan fingerprint density at radius 2 is 1.80 bits per heavy atom. The lowest BCUT2D eigenvalue weighted by molar-refractivity contribution is 0.0787. The highest BCUT2D eigenvalue weighted by Crippen LogP contribution is 2.31. The van der Waals surface area contributed by atoms with Crippen molar-refractivity contribution >= 4 is 5.78 Å². The molecule has 0 bridgehead atoms. The van der Waals surface area contributed by atoms with Crippen LogP contribution in [0.5, 0.6) is 11.5 Å². The summed E-state index contributed by atoms with van der Waals surface area (Å²) in [6.45, 7) is 3.23. The van der Waals surface area contributed by atoms with Crippen LogP contribution in [0.4, 0.5) is 0 Å². The minimum absolute atomic E-state index is 0.107. The van der Waals surface area contributed by atoms with Crippen LogP contribution in [0.3, 0.4) is 0 Å². The molecule has 0 radical (unpaired) electrons. The zero-order chi connectivity index (χ0) is 17.6. The molecule has 1 unspecified atom stereocenters. The second-order valence-electron chi connectivity index (χ2n) is 7.54. The van der Waals surface area contributed by atoms with E-state index in [4.69, 9.17) is 9.47 Å². The monoisotopic (exact) mass is 345 g/mol. The van der Waals surface area contributed by atoms with Gasteiger partial charge in [-0.05, 0) is 56.3 Å². The highest BCUT2D eigenvalue weighted by molar-refractivity contribution is 5.98. The van der Waals surface area contributed by atoms with Crippen molar-refractivity contribution in [3.05, 3.63) is 23.8 Å². The molecular formula is C21H31NO3. The van der Waals surface area contributed by atoms with E-state index in [9.17, 15) is 4.79 Å². The molecule has 138 valence electrons. The average Bonchev–Trinajstić information content (AvgIpc) is 2.68. The lowest BCUT2D eigenvalue weighted by Crippen LogP contribution is -2.41. The van der Waals surface area contributed by atoms with Gasteiger partial charge in [0.1, 0.15) is 0 Å². The van der Waals surface area contributed by atoms with Crippen LogP contribution in [0.15, 0.2) is 18.2 Å². The maximum Gasteiger partial charge on any atom is 0.167 e. The number of methoxy groups -OCH3 is 2. The third-order valence-corrected chi connectivity index (χ3v) is 5.79. The van der Waals surface area contributed by atoms with Crippen molar-refractivity contribution in [2.45, 2.75) is 44.9 Å². The number of ether oxygens (including phenoxy) is 2. The summed E-state index contributed by atoms with van der Waals surface area (Å²) in [4.78, 5) is 15.5. The van der Waals surface area contributed by atoms with Crippen LogP contribution in [0, 0.1) is 11.8 Å². The summed E-state index contributed by atoms with van der Waals surface area (Å²) in [6, 6.07) is 5.51. The van der Waals surface area contributed by atoms with E-state index in [0.717, 1.165) is 37.4 Å². The van der Waals surface area contributed by atoms with Crippen LogP contribution in [-0.2, 0) is 0 Å². The number of hydrogen-bond acceptors (Lipinski definition) is 4. The molecular weight excluding hydrogens is 314 g/mol. The third-order valence-electron chi connectivity index (χ3n) is 5.79. The number of rotatable bonds is 6. The fraction of sp³-hybridized carbons (Fsp3) is 0.667. The average molecular weight is 345 g/mol. The molecule has 1 aliphatic heterocycles. The molecule has 0 N–H and O–H groups in total. The van der Waals surface area contributed by atoms with Crippen molar-refractivity contribution in [3.8, 4) is 11.5 Å². The smallest absolute Gasteiger partial charge is 0.167 e. The first-order valence-corrected chi connectivity index (χ1v) is 9.70. The molecule has 0 amide bonds. The van der Waals surface area contributed by atoms with Gasteiger partial charge in [0.25, 0.3) is 0 Å². The zero-order valence-corrected chi connectivity index (χ0v) is 15.6. The van der Waals surface area contributed by atoms with Gasteiger partial charge in [0, 0.05) is 24.6 Å². The van der Waals surface area contributed by atoms with E-state index in [1.54, 1.807) is 14.2 Å². The first kappa shape index (κ1) is 18.2. The molecule has 1 aromatic carbocycles. The van der Waals surface area contributed by atoms with Gasteiger partial charge < -0.3 is 14.4 Å². The van der Waals surface area contributed by atoms with Gasteiger partial charge in [0.05, 0.1) is 14.2 Å². The molecule has 1 atom stereocenters. The van der Waals surface area contributed by atoms with Crippen LogP contribution in [0.2, 0.25) is 0 Å². The van der Waals surface area contributed by atoms with Crippen LogP contribution in [-0.4, -0.2) is 44.5 Å². The Morgan fingerprint density at radius 1 is 1.04 bits per heavy atom. The molecule has 0 aromatic heterocycles. The van der Waals surface area contributed by atoms with Crippen LogP contribution >= 0.6 is 0 Å². The highest BCUT2D eigenvalue weighted by atomic mass is 16.5. The van der Waals surface area contributed by atoms with Gasteiger partial charge in [-0.25, -0.2) is 0 Å². The molecule has 4 heteroatoms. The van der Waals surface area contributed by atoms with Crippen LogP contribution in [0.1, 0.15) is 55.3 Å². The quantitative estimate of drug-likeness (QED) is 0.725. The van der Waals surface area contributed by atoms with E-state index < -0.39 is 0 Å². The van der Waals surface area contributed by atoms with Crippen molar-refractivity contribution < 1.29 is 14.3 Å². The van der Waals surface area contributed by atoms with Crippen molar-refractivity contribution in [2.24, 2.45) is 11.8 Å². The summed E-state index contributed by atoms with van der Waals surface area (Å²) < 4.78 is 10.6. The predicted octanol–water partition coefficient (Wildman–Crippen LogP) is 4.18. The molecule has 1 saturated carbocycles. The van der Waals surface area contributed by atoms with Gasteiger partial charge in [-0.15, -0.1) is 0 Å². The molecule has 3 rings (SSSR count). The standard InChI is InChI=1S/C21H31NO3/c1-24-19-11-10-17(13-20(19)25-2)21(23)18-9-6-12-22(15-18)14-16-7-4-3-5-8-16/h10-11,13,16,18H,3-9,12,14-15H2,1-2H3. The summed E-state index contributed by atoms with van der Waals surface area (Å²) in [7, 11) is 3.22. The van der Waals surface area contributed by atoms with Crippen molar-refractivity contribution in [1.82, 2.24) is 4.90 Å². The number of likely N-dealkylation sites (tertiary alicyclic amines) is 1. The Hall–Kier alpha value is -1.55. The van der Waals surface area contributed by atoms with Gasteiger partial charge in [-0.3, -0.25) is 4.79 Å². The SMILES string of the molecule is COc1ccc(C(=O)C2CCCN(CC3CCCCC3)C2)cc1OC. The number of Topliss-reactive ketones (excluding diaryl/α,β-unsaturated/α-hetero) is 1. The van der Waals surface area contributed by atoms with Gasteiger partial charge in [-0.1, -0.05) is 19.3 Å². The maximum atomic E-state index is 13.0. The van der Waals surface area contributed by atoms with E-state index in [2.05, 4.69) is 4.90 Å². The number of nitrogens with zero attached hydrogens (tertiary/aromatic N) is 1. The summed E-state index contributed by atoms with van der Waals surface area (Å²) in [5.41, 5.74) is 0.738. The van der Waals surface area contributed by atoms with Gasteiger partial charge in [0.2, 0.25) is 0 Å². The van der Waals surface area contributed by atoms with Crippen LogP contribution < -0.4 is 9.47 Å². The lowest BCUT2D eigenvalue weighted by atomic mass is 9.86. The minimum Gasteiger partial charge on any atom is -0.493 e. The van der Waals surface area contributed by atoms with Gasteiger partial charge >= 0.3 is 0 Å². The summed E-state index contributed by atoms with van der Waals surface area (Å²) in [5.74, 6) is 2.48. The number of carbonyl (C=O) groups excluding carboxylic acids is 1. The number of ketones is 1. The molecule has 25 heavy (non-hydrogen) atoms. The highest BCUT2D eigenvalue weighted by Gasteiger charge is 2.28. The predicted molar refractivity (Wildman–Crippen MR) is 99.6 cm³/mol. The first-order valence-electron chi connectivity index (χ1n) is 9.70. The molecule has 1 heterocycles. The van der Waals surface area contributed by atoms with E-state index in [0.29, 0.717) is 11.5 Å². The Kier molecular flexibility index (Phi) is 6.35. The normalized spacial score (nSPS) is 22.6. The van der Waals surface area contributed by atoms with Crippen molar-refractivity contribution in [2.75, 3.05) is 33.9 Å². The Bertz CT molecular complexity index is 581. The van der Waals surface area contributed by atoms with Gasteiger partial charge in [-0.2, -0.15) is 0 Å². The fourth-order valence-electron chi connectivity index (χ4n) is 4.40. The molecule has 1 aromatic rings. The summed E-state index contributed by atoms with van der Waals surface area (Å²) in [6.07, 6.45) is 9.01. The lowest BCUT2D eigenvalue weighted by Gasteiger charge is -2.35. The molecule has 1 saturated heterocycles. The largest absolute Gasteiger partial charge is 0.493 e. The van der Waals surface area contributed by atoms with Crippen molar-refractivity contribution in [3.63, 3.8) is 0 Å². The molecule has 0 spiro atoms. The summed E-state index contributed by atoms with van der Waals surface area (Å²) in [5, 5.41) is 0. The second kappa shape index (κ2) is 8.70. The molecule has 2 fully saturated rings. The maximum absolute atomic E-state index is 13.0. The fourth-order valence-corrected chi connectivity index (χ4v) is 4.40. The second-order valence-corrected chi connectivity index (χ2v) is 7.54. The topological polar surface area (TPSA) is 38.8 Å². The minimum atomic E-state index is 0.107. The first-order chi connectivity index (χ1) is 12.2. The third kappa shape index (κ3) is 4.55. The van der Waals surface area contributed by atoms with Crippen LogP contribution in [0.25, 0.3) is 0 Å². The summed E-state index contributed by atoms with van der Waals surface area (Å²) >= 11 is 0. The Balaban J connectivity index is 1.63. The Morgan fingerprint density at radius 3 is 2.52 bits per heavy atom. The Labute approximate surface area is 151 Å². The van der Waals surface area contributed by atoms with Crippen molar-refractivity contribution in [1.29, 1.82) is 0 Å². The number of piperidine rings is 1. The molecule has 1 aliphatic carbocycles. The van der Waals surface area contributed by atoms with Gasteiger partial charge in [0.15, 0.2) is 17.3 Å². The number of benzene rings is 1. The number of carbonyl (C=O) groups is 1. The van der Waals surface area contributed by atoms with E-state index in [1.807, 2.05) is 18.2 Å². The van der Waals surface area contributed by atoms with E-state index in [1.165, 1.54) is 38.6 Å². The van der Waals surface area contributed by atoms with E-state index in [-0.39, 0.29) is 11.7 Å². The molecule has 2 aliphatic rings.